The maximum absolute atomic E-state index is 5.31. The molecule has 2 fully saturated rings. The first kappa shape index (κ1) is 22.0. The second kappa shape index (κ2) is 9.28. The highest BCUT2D eigenvalue weighted by Crippen LogP contribution is 2.44. The van der Waals surface area contributed by atoms with Gasteiger partial charge in [-0.05, 0) is 36.6 Å². The van der Waals surface area contributed by atoms with E-state index in [2.05, 4.69) is 57.7 Å². The summed E-state index contributed by atoms with van der Waals surface area (Å²) in [6.45, 7) is 4.71. The Morgan fingerprint density at radius 3 is 2.44 bits per heavy atom. The topological polar surface area (TPSA) is 33.5 Å². The minimum atomic E-state index is 0. The molecule has 150 valence electrons. The quantitative estimate of drug-likeness (QED) is 0.755. The van der Waals surface area contributed by atoms with Crippen molar-refractivity contribution in [1.82, 2.24) is 19.4 Å². The molecule has 3 atom stereocenters. The number of nitrogens with zero attached hydrogens (tertiary/aromatic N) is 4. The van der Waals surface area contributed by atoms with Crippen molar-refractivity contribution in [2.45, 2.75) is 12.5 Å². The first-order valence-electron chi connectivity index (χ1n) is 9.18. The maximum atomic E-state index is 5.31. The molecule has 5 nitrogen and oxygen atoms in total. The van der Waals surface area contributed by atoms with E-state index in [0.717, 1.165) is 30.6 Å². The molecule has 0 spiro atoms. The Balaban J connectivity index is 0.00000131. The third kappa shape index (κ3) is 4.43. The van der Waals surface area contributed by atoms with Gasteiger partial charge in [-0.15, -0.1) is 24.8 Å². The first-order chi connectivity index (χ1) is 12.2. The molecule has 27 heavy (non-hydrogen) atoms. The minimum Gasteiger partial charge on any atom is -0.497 e. The smallest absolute Gasteiger partial charge is 0.118 e. The van der Waals surface area contributed by atoms with Crippen LogP contribution in [0.15, 0.2) is 36.7 Å². The average molecular weight is 413 g/mol. The highest BCUT2D eigenvalue weighted by Gasteiger charge is 2.45. The lowest BCUT2D eigenvalue weighted by Gasteiger charge is -2.27. The van der Waals surface area contributed by atoms with E-state index in [9.17, 15) is 0 Å². The lowest BCUT2D eigenvalue weighted by Crippen LogP contribution is -2.30. The Morgan fingerprint density at radius 2 is 1.81 bits per heavy atom. The number of halogens is 2. The Hall–Kier alpha value is -1.27. The SMILES string of the molecule is COc1ccc([C@H]2[C@@H]3CN(CCc4nccn4C)C[C@@H]3CN2C)cc1.Cl.Cl. The molecule has 2 aromatic rings. The van der Waals surface area contributed by atoms with Gasteiger partial charge >= 0.3 is 0 Å². The van der Waals surface area contributed by atoms with Gasteiger partial charge in [-0.25, -0.2) is 4.98 Å². The molecule has 2 saturated heterocycles. The predicted molar refractivity (Wildman–Crippen MR) is 113 cm³/mol. The maximum Gasteiger partial charge on any atom is 0.118 e. The summed E-state index contributed by atoms with van der Waals surface area (Å²) >= 11 is 0. The number of benzene rings is 1. The van der Waals surface area contributed by atoms with E-state index in [0.29, 0.717) is 6.04 Å². The van der Waals surface area contributed by atoms with Gasteiger partial charge in [0.05, 0.1) is 7.11 Å². The van der Waals surface area contributed by atoms with Crippen molar-refractivity contribution in [3.05, 3.63) is 48.0 Å². The zero-order valence-corrected chi connectivity index (χ0v) is 17.9. The van der Waals surface area contributed by atoms with Crippen LogP contribution in [0.4, 0.5) is 0 Å². The average Bonchev–Trinajstić information content (AvgIpc) is 3.27. The van der Waals surface area contributed by atoms with Crippen LogP contribution in [0.1, 0.15) is 17.4 Å². The molecular weight excluding hydrogens is 383 g/mol. The zero-order chi connectivity index (χ0) is 17.4. The van der Waals surface area contributed by atoms with Crippen molar-refractivity contribution < 1.29 is 4.74 Å². The van der Waals surface area contributed by atoms with Gasteiger partial charge in [-0.2, -0.15) is 0 Å². The van der Waals surface area contributed by atoms with Crippen LogP contribution in [0.3, 0.4) is 0 Å². The van der Waals surface area contributed by atoms with E-state index in [4.69, 9.17) is 4.74 Å². The second-order valence-electron chi connectivity index (χ2n) is 7.55. The first-order valence-corrected chi connectivity index (χ1v) is 9.18. The minimum absolute atomic E-state index is 0. The summed E-state index contributed by atoms with van der Waals surface area (Å²) in [5.41, 5.74) is 1.42. The lowest BCUT2D eigenvalue weighted by molar-refractivity contribution is 0.228. The molecule has 1 aromatic carbocycles. The molecule has 0 saturated carbocycles. The highest BCUT2D eigenvalue weighted by atomic mass is 35.5. The van der Waals surface area contributed by atoms with Crippen LogP contribution in [-0.2, 0) is 13.5 Å². The van der Waals surface area contributed by atoms with Crippen LogP contribution in [0.25, 0.3) is 0 Å². The van der Waals surface area contributed by atoms with E-state index in [-0.39, 0.29) is 24.8 Å². The largest absolute Gasteiger partial charge is 0.497 e. The van der Waals surface area contributed by atoms with E-state index in [1.165, 1.54) is 31.0 Å². The van der Waals surface area contributed by atoms with Gasteiger partial charge < -0.3 is 14.2 Å². The summed E-state index contributed by atoms with van der Waals surface area (Å²) in [7, 11) is 6.07. The third-order valence-corrected chi connectivity index (χ3v) is 6.00. The van der Waals surface area contributed by atoms with Gasteiger partial charge in [0.1, 0.15) is 11.6 Å². The molecule has 0 bridgehead atoms. The standard InChI is InChI=1S/C20H28N4O.2ClH/c1-22-11-9-21-19(22)8-10-24-13-16-12-23(2)20(18(16)14-24)15-4-6-17(25-3)7-5-15;;/h4-7,9,11,16,18,20H,8,10,12-14H2,1-3H3;2*1H/t16-,18+,20-;;/m0../s1. The number of imidazole rings is 1. The number of ether oxygens (including phenoxy) is 1. The summed E-state index contributed by atoms with van der Waals surface area (Å²) in [6, 6.07) is 9.17. The molecule has 4 rings (SSSR count). The van der Waals surface area contributed by atoms with Crippen molar-refractivity contribution in [3.63, 3.8) is 0 Å². The van der Waals surface area contributed by atoms with Crippen molar-refractivity contribution in [2.75, 3.05) is 40.3 Å². The van der Waals surface area contributed by atoms with Crippen molar-refractivity contribution in [3.8, 4) is 5.75 Å². The number of hydrogen-bond donors (Lipinski definition) is 0. The van der Waals surface area contributed by atoms with Crippen molar-refractivity contribution in [2.24, 2.45) is 18.9 Å². The Labute approximate surface area is 174 Å². The Kier molecular flexibility index (Phi) is 7.57. The molecule has 0 amide bonds. The molecule has 0 unspecified atom stereocenters. The summed E-state index contributed by atoms with van der Waals surface area (Å²) in [5, 5.41) is 0. The summed E-state index contributed by atoms with van der Waals surface area (Å²) in [6.07, 6.45) is 4.96. The molecule has 3 heterocycles. The van der Waals surface area contributed by atoms with Gasteiger partial charge in [0.2, 0.25) is 0 Å². The molecule has 7 heteroatoms. The molecular formula is C20H30Cl2N4O. The molecule has 2 aliphatic rings. The van der Waals surface area contributed by atoms with Gasteiger partial charge in [-0.1, -0.05) is 12.1 Å². The monoisotopic (exact) mass is 412 g/mol. The lowest BCUT2D eigenvalue weighted by atomic mass is 9.89. The van der Waals surface area contributed by atoms with Gasteiger partial charge in [0, 0.05) is 58.1 Å². The second-order valence-corrected chi connectivity index (χ2v) is 7.55. The summed E-state index contributed by atoms with van der Waals surface area (Å²) in [4.78, 5) is 9.62. The van der Waals surface area contributed by atoms with Crippen LogP contribution in [-0.4, -0.2) is 59.7 Å². The van der Waals surface area contributed by atoms with Crippen molar-refractivity contribution in [1.29, 1.82) is 0 Å². The summed E-state index contributed by atoms with van der Waals surface area (Å²) < 4.78 is 7.44. The van der Waals surface area contributed by atoms with Crippen LogP contribution in [0.2, 0.25) is 0 Å². The van der Waals surface area contributed by atoms with Gasteiger partial charge in [-0.3, -0.25) is 4.90 Å². The fourth-order valence-corrected chi connectivity index (χ4v) is 4.73. The number of hydrogen-bond acceptors (Lipinski definition) is 4. The highest BCUT2D eigenvalue weighted by molar-refractivity contribution is 5.85. The number of methoxy groups -OCH3 is 1. The Bertz CT molecular complexity index is 721. The van der Waals surface area contributed by atoms with E-state index in [1.54, 1.807) is 7.11 Å². The normalized spacial score (nSPS) is 24.9. The number of aromatic nitrogens is 2. The van der Waals surface area contributed by atoms with Crippen LogP contribution in [0, 0.1) is 11.8 Å². The van der Waals surface area contributed by atoms with Crippen molar-refractivity contribution >= 4 is 24.8 Å². The van der Waals surface area contributed by atoms with Gasteiger partial charge in [0.25, 0.3) is 0 Å². The van der Waals surface area contributed by atoms with Crippen LogP contribution < -0.4 is 4.74 Å². The molecule has 1 aromatic heterocycles. The van der Waals surface area contributed by atoms with Crippen LogP contribution in [0.5, 0.6) is 5.75 Å². The predicted octanol–water partition coefficient (Wildman–Crippen LogP) is 3.05. The van der Waals surface area contributed by atoms with E-state index >= 15 is 0 Å². The van der Waals surface area contributed by atoms with E-state index in [1.807, 2.05) is 12.4 Å². The summed E-state index contributed by atoms with van der Waals surface area (Å²) in [5.74, 6) is 3.61. The molecule has 2 aliphatic heterocycles. The number of rotatable bonds is 5. The fraction of sp³-hybridized carbons (Fsp3) is 0.550. The number of likely N-dealkylation sites (tertiary alicyclic amines) is 2. The molecule has 0 radical (unpaired) electrons. The number of fused-ring (bicyclic) bond motifs is 1. The van der Waals surface area contributed by atoms with Crippen LogP contribution >= 0.6 is 24.8 Å². The van der Waals surface area contributed by atoms with Gasteiger partial charge in [0.15, 0.2) is 0 Å². The molecule has 0 aliphatic carbocycles. The zero-order valence-electron chi connectivity index (χ0n) is 16.2. The molecule has 0 N–H and O–H groups in total. The fourth-order valence-electron chi connectivity index (χ4n) is 4.73. The Morgan fingerprint density at radius 1 is 1.07 bits per heavy atom. The third-order valence-electron chi connectivity index (χ3n) is 6.00. The van der Waals surface area contributed by atoms with E-state index < -0.39 is 0 Å². The number of aryl methyl sites for hydroxylation is 1.